The lowest BCUT2D eigenvalue weighted by molar-refractivity contribution is -0.136. The standard InChI is InChI=1S/C21H26N4O2/c1-25(15-17-9-12-22-13-10-17)21(27)19(14-16-6-3-2-4-7-16)24-20(26)18-8-5-11-23-18/h2-4,6-7,9-10,12-13,18-19,23H,5,8,11,14-15H2,1H3,(H,24,26)/t18-,19-/m0/s1. The molecule has 0 radical (unpaired) electrons. The Hall–Kier alpha value is -2.73. The fraction of sp³-hybridized carbons (Fsp3) is 0.381. The van der Waals surface area contributed by atoms with E-state index in [0.29, 0.717) is 13.0 Å². The van der Waals surface area contributed by atoms with Crippen molar-refractivity contribution >= 4 is 11.8 Å². The predicted octanol–water partition coefficient (Wildman–Crippen LogP) is 1.52. The maximum atomic E-state index is 13.1. The van der Waals surface area contributed by atoms with E-state index in [9.17, 15) is 9.59 Å². The number of nitrogens with zero attached hydrogens (tertiary/aromatic N) is 2. The molecule has 6 heteroatoms. The summed E-state index contributed by atoms with van der Waals surface area (Å²) in [6.07, 6.45) is 5.69. The van der Waals surface area contributed by atoms with E-state index in [4.69, 9.17) is 0 Å². The Morgan fingerprint density at radius 3 is 2.59 bits per heavy atom. The normalized spacial score (nSPS) is 17.3. The van der Waals surface area contributed by atoms with Crippen LogP contribution in [0, 0.1) is 0 Å². The minimum atomic E-state index is -0.589. The van der Waals surface area contributed by atoms with Crippen molar-refractivity contribution in [3.63, 3.8) is 0 Å². The third-order valence-electron chi connectivity index (χ3n) is 4.82. The van der Waals surface area contributed by atoms with Crippen LogP contribution in [0.4, 0.5) is 0 Å². The highest BCUT2D eigenvalue weighted by molar-refractivity contribution is 5.90. The van der Waals surface area contributed by atoms with Gasteiger partial charge in [0.2, 0.25) is 11.8 Å². The molecule has 142 valence electrons. The van der Waals surface area contributed by atoms with Crippen LogP contribution < -0.4 is 10.6 Å². The summed E-state index contributed by atoms with van der Waals surface area (Å²) < 4.78 is 0. The van der Waals surface area contributed by atoms with Gasteiger partial charge in [0.05, 0.1) is 6.04 Å². The van der Waals surface area contributed by atoms with Crippen LogP contribution >= 0.6 is 0 Å². The molecule has 27 heavy (non-hydrogen) atoms. The van der Waals surface area contributed by atoms with Crippen molar-refractivity contribution in [2.24, 2.45) is 0 Å². The topological polar surface area (TPSA) is 74.3 Å². The number of aromatic nitrogens is 1. The van der Waals surface area contributed by atoms with Gasteiger partial charge in [0.25, 0.3) is 0 Å². The van der Waals surface area contributed by atoms with Crippen molar-refractivity contribution in [2.45, 2.75) is 37.9 Å². The second-order valence-corrected chi connectivity index (χ2v) is 6.95. The highest BCUT2D eigenvalue weighted by Gasteiger charge is 2.29. The van der Waals surface area contributed by atoms with Crippen molar-refractivity contribution in [2.75, 3.05) is 13.6 Å². The van der Waals surface area contributed by atoms with Crippen LogP contribution in [0.15, 0.2) is 54.9 Å². The first kappa shape index (κ1) is 19.0. The van der Waals surface area contributed by atoms with Crippen molar-refractivity contribution in [1.82, 2.24) is 20.5 Å². The number of likely N-dealkylation sites (N-methyl/N-ethyl adjacent to an activating group) is 1. The Labute approximate surface area is 160 Å². The molecule has 1 fully saturated rings. The van der Waals surface area contributed by atoms with Crippen LogP contribution in [0.2, 0.25) is 0 Å². The third-order valence-corrected chi connectivity index (χ3v) is 4.82. The van der Waals surface area contributed by atoms with Gasteiger partial charge in [-0.3, -0.25) is 14.6 Å². The molecule has 1 aliphatic heterocycles. The van der Waals surface area contributed by atoms with E-state index in [2.05, 4.69) is 15.6 Å². The van der Waals surface area contributed by atoms with Crippen LogP contribution in [0.25, 0.3) is 0 Å². The number of hydrogen-bond acceptors (Lipinski definition) is 4. The van der Waals surface area contributed by atoms with Gasteiger partial charge in [-0.2, -0.15) is 0 Å². The van der Waals surface area contributed by atoms with E-state index in [1.807, 2.05) is 42.5 Å². The summed E-state index contributed by atoms with van der Waals surface area (Å²) in [5.74, 6) is -0.193. The van der Waals surface area contributed by atoms with Gasteiger partial charge in [-0.1, -0.05) is 30.3 Å². The Morgan fingerprint density at radius 2 is 1.93 bits per heavy atom. The zero-order valence-corrected chi connectivity index (χ0v) is 15.6. The molecular formula is C21H26N4O2. The molecule has 0 unspecified atom stereocenters. The Morgan fingerprint density at radius 1 is 1.19 bits per heavy atom. The number of pyridine rings is 1. The lowest BCUT2D eigenvalue weighted by Gasteiger charge is -2.26. The van der Waals surface area contributed by atoms with Gasteiger partial charge in [-0.25, -0.2) is 0 Å². The maximum absolute atomic E-state index is 13.1. The van der Waals surface area contributed by atoms with E-state index in [-0.39, 0.29) is 17.9 Å². The zero-order chi connectivity index (χ0) is 19.1. The fourth-order valence-electron chi connectivity index (χ4n) is 3.34. The summed E-state index contributed by atoms with van der Waals surface area (Å²) in [5.41, 5.74) is 2.02. The van der Waals surface area contributed by atoms with Crippen LogP contribution in [0.1, 0.15) is 24.0 Å². The highest BCUT2D eigenvalue weighted by atomic mass is 16.2. The Balaban J connectivity index is 1.70. The molecule has 2 atom stereocenters. The van der Waals surface area contributed by atoms with Crippen molar-refractivity contribution in [1.29, 1.82) is 0 Å². The summed E-state index contributed by atoms with van der Waals surface area (Å²) >= 11 is 0. The average molecular weight is 366 g/mol. The molecule has 0 aliphatic carbocycles. The summed E-state index contributed by atoms with van der Waals surface area (Å²) in [6.45, 7) is 1.32. The lowest BCUT2D eigenvalue weighted by atomic mass is 10.0. The second-order valence-electron chi connectivity index (χ2n) is 6.95. The first-order valence-electron chi connectivity index (χ1n) is 9.35. The molecule has 3 rings (SSSR count). The molecule has 1 aliphatic rings. The van der Waals surface area contributed by atoms with Gasteiger partial charge >= 0.3 is 0 Å². The number of carbonyl (C=O) groups excluding carboxylic acids is 2. The quantitative estimate of drug-likeness (QED) is 0.779. The number of amides is 2. The smallest absolute Gasteiger partial charge is 0.245 e. The largest absolute Gasteiger partial charge is 0.343 e. The Bertz CT molecular complexity index is 745. The van der Waals surface area contributed by atoms with E-state index in [1.165, 1.54) is 0 Å². The van der Waals surface area contributed by atoms with Crippen LogP contribution in [0.5, 0.6) is 0 Å². The molecule has 1 aromatic carbocycles. The Kier molecular flexibility index (Phi) is 6.54. The predicted molar refractivity (Wildman–Crippen MR) is 104 cm³/mol. The number of carbonyl (C=O) groups is 2. The highest BCUT2D eigenvalue weighted by Crippen LogP contribution is 2.10. The van der Waals surface area contributed by atoms with E-state index in [1.54, 1.807) is 24.3 Å². The maximum Gasteiger partial charge on any atom is 0.245 e. The molecule has 0 spiro atoms. The SMILES string of the molecule is CN(Cc1ccncc1)C(=O)[C@H](Cc1ccccc1)NC(=O)[C@@H]1CCCN1. The van der Waals surface area contributed by atoms with Crippen LogP contribution in [0.3, 0.4) is 0 Å². The lowest BCUT2D eigenvalue weighted by Crippen LogP contribution is -2.52. The summed E-state index contributed by atoms with van der Waals surface area (Å²) in [5, 5.41) is 6.16. The van der Waals surface area contributed by atoms with Gasteiger partial charge in [-0.05, 0) is 42.6 Å². The molecule has 0 saturated carbocycles. The first-order valence-corrected chi connectivity index (χ1v) is 9.35. The summed E-state index contributed by atoms with van der Waals surface area (Å²) in [7, 11) is 1.76. The average Bonchev–Trinajstić information content (AvgIpc) is 3.23. The van der Waals surface area contributed by atoms with E-state index < -0.39 is 6.04 Å². The molecule has 2 heterocycles. The first-order chi connectivity index (χ1) is 13.1. The van der Waals surface area contributed by atoms with Gasteiger partial charge in [0.1, 0.15) is 6.04 Å². The third kappa shape index (κ3) is 5.37. The van der Waals surface area contributed by atoms with Gasteiger partial charge in [0, 0.05) is 32.4 Å². The minimum Gasteiger partial charge on any atom is -0.343 e. The minimum absolute atomic E-state index is 0.0954. The number of nitrogens with one attached hydrogen (secondary N) is 2. The van der Waals surface area contributed by atoms with E-state index in [0.717, 1.165) is 30.5 Å². The van der Waals surface area contributed by atoms with Gasteiger partial charge in [-0.15, -0.1) is 0 Å². The molecule has 2 N–H and O–H groups in total. The molecule has 2 amide bonds. The second kappa shape index (κ2) is 9.28. The van der Waals surface area contributed by atoms with Crippen LogP contribution in [-0.2, 0) is 22.6 Å². The number of rotatable bonds is 7. The summed E-state index contributed by atoms with van der Waals surface area (Å²) in [6, 6.07) is 12.8. The molecule has 1 aromatic heterocycles. The molecule has 6 nitrogen and oxygen atoms in total. The molecule has 1 saturated heterocycles. The molecular weight excluding hydrogens is 340 g/mol. The van der Waals surface area contributed by atoms with Crippen molar-refractivity contribution in [3.8, 4) is 0 Å². The molecule has 0 bridgehead atoms. The fourth-order valence-corrected chi connectivity index (χ4v) is 3.34. The number of benzene rings is 1. The van der Waals surface area contributed by atoms with Crippen molar-refractivity contribution in [3.05, 3.63) is 66.0 Å². The van der Waals surface area contributed by atoms with Gasteiger partial charge < -0.3 is 15.5 Å². The summed E-state index contributed by atoms with van der Waals surface area (Å²) in [4.78, 5) is 31.3. The zero-order valence-electron chi connectivity index (χ0n) is 15.6. The van der Waals surface area contributed by atoms with Crippen LogP contribution in [-0.4, -0.2) is 47.4 Å². The van der Waals surface area contributed by atoms with E-state index >= 15 is 0 Å². The van der Waals surface area contributed by atoms with Gasteiger partial charge in [0.15, 0.2) is 0 Å². The monoisotopic (exact) mass is 366 g/mol. The number of hydrogen-bond donors (Lipinski definition) is 2. The van der Waals surface area contributed by atoms with Crippen molar-refractivity contribution < 1.29 is 9.59 Å². The molecule has 2 aromatic rings.